The van der Waals surface area contributed by atoms with Crippen LogP contribution in [0, 0.1) is 11.3 Å². The van der Waals surface area contributed by atoms with Crippen LogP contribution < -0.4 is 9.64 Å². The minimum absolute atomic E-state index is 0.629. The number of anilines is 1. The lowest BCUT2D eigenvalue weighted by molar-refractivity contribution is 0.261. The first-order valence-electron chi connectivity index (χ1n) is 9.69. The predicted molar refractivity (Wildman–Crippen MR) is 115 cm³/mol. The molecular weight excluding hydrogens is 382 g/mol. The summed E-state index contributed by atoms with van der Waals surface area (Å²) in [4.78, 5) is 9.51. The summed E-state index contributed by atoms with van der Waals surface area (Å²) in [5.41, 5.74) is 2.86. The Balaban J connectivity index is 1.30. The third kappa shape index (κ3) is 4.73. The van der Waals surface area contributed by atoms with Gasteiger partial charge in [0.2, 0.25) is 5.13 Å². The average molecular weight is 406 g/mol. The lowest BCUT2D eigenvalue weighted by Crippen LogP contribution is -2.47. The Labute approximate surface area is 175 Å². The Morgan fingerprint density at radius 3 is 2.62 bits per heavy atom. The van der Waals surface area contributed by atoms with Gasteiger partial charge in [0.1, 0.15) is 5.75 Å². The third-order valence-electron chi connectivity index (χ3n) is 5.18. The number of ether oxygens (including phenoxy) is 1. The van der Waals surface area contributed by atoms with Gasteiger partial charge in [0.25, 0.3) is 0 Å². The molecule has 0 saturated carbocycles. The summed E-state index contributed by atoms with van der Waals surface area (Å²) in [7, 11) is 1.69. The molecule has 7 heteroatoms. The maximum atomic E-state index is 9.08. The molecular formula is C22H23N5OS. The molecule has 0 bridgehead atoms. The number of piperazine rings is 1. The van der Waals surface area contributed by atoms with E-state index in [0.29, 0.717) is 11.4 Å². The van der Waals surface area contributed by atoms with Gasteiger partial charge in [-0.05, 0) is 36.2 Å². The summed E-state index contributed by atoms with van der Waals surface area (Å²) < 4.78 is 9.72. The average Bonchev–Trinajstić information content (AvgIpc) is 3.29. The number of hydrogen-bond donors (Lipinski definition) is 0. The normalized spacial score (nSPS) is 14.6. The number of aromatic nitrogens is 2. The smallest absolute Gasteiger partial charge is 0.205 e. The first kappa shape index (κ1) is 19.4. The number of nitriles is 1. The van der Waals surface area contributed by atoms with Gasteiger partial charge in [-0.1, -0.05) is 24.3 Å². The second kappa shape index (κ2) is 9.03. The van der Waals surface area contributed by atoms with E-state index in [4.69, 9.17) is 15.0 Å². The van der Waals surface area contributed by atoms with Crippen LogP contribution in [0.4, 0.5) is 5.13 Å². The topological polar surface area (TPSA) is 65.3 Å². The molecule has 3 aromatic rings. The van der Waals surface area contributed by atoms with Crippen LogP contribution in [0.3, 0.4) is 0 Å². The van der Waals surface area contributed by atoms with Gasteiger partial charge in [0, 0.05) is 49.8 Å². The minimum Gasteiger partial charge on any atom is -0.497 e. The van der Waals surface area contributed by atoms with Crippen LogP contribution in [0.5, 0.6) is 5.75 Å². The molecule has 2 heterocycles. The van der Waals surface area contributed by atoms with Gasteiger partial charge in [-0.15, -0.1) is 0 Å². The quantitative estimate of drug-likeness (QED) is 0.626. The monoisotopic (exact) mass is 405 g/mol. The molecule has 0 atom stereocenters. The van der Waals surface area contributed by atoms with Crippen LogP contribution in [0.2, 0.25) is 0 Å². The Morgan fingerprint density at radius 2 is 1.90 bits per heavy atom. The second-order valence-electron chi connectivity index (χ2n) is 7.02. The highest BCUT2D eigenvalue weighted by Crippen LogP contribution is 2.25. The molecule has 2 aromatic carbocycles. The fourth-order valence-electron chi connectivity index (χ4n) is 3.43. The Kier molecular flexibility index (Phi) is 6.03. The van der Waals surface area contributed by atoms with Gasteiger partial charge < -0.3 is 9.64 Å². The zero-order valence-electron chi connectivity index (χ0n) is 16.4. The van der Waals surface area contributed by atoms with Crippen molar-refractivity contribution < 1.29 is 4.74 Å². The van der Waals surface area contributed by atoms with Crippen molar-refractivity contribution in [2.45, 2.75) is 6.42 Å². The largest absolute Gasteiger partial charge is 0.497 e. The van der Waals surface area contributed by atoms with Crippen molar-refractivity contribution >= 4 is 16.7 Å². The van der Waals surface area contributed by atoms with E-state index in [2.05, 4.69) is 32.4 Å². The molecule has 1 aliphatic rings. The third-order valence-corrected chi connectivity index (χ3v) is 5.96. The first-order valence-corrected chi connectivity index (χ1v) is 10.5. The van der Waals surface area contributed by atoms with Gasteiger partial charge in [-0.25, -0.2) is 0 Å². The maximum Gasteiger partial charge on any atom is 0.205 e. The lowest BCUT2D eigenvalue weighted by atomic mass is 10.1. The van der Waals surface area contributed by atoms with Crippen LogP contribution in [-0.2, 0) is 6.42 Å². The molecule has 1 saturated heterocycles. The number of nitrogens with zero attached hydrogens (tertiary/aromatic N) is 5. The molecule has 0 aliphatic carbocycles. The molecule has 0 N–H and O–H groups in total. The fourth-order valence-corrected chi connectivity index (χ4v) is 4.17. The number of hydrogen-bond acceptors (Lipinski definition) is 7. The van der Waals surface area contributed by atoms with Gasteiger partial charge in [-0.3, -0.25) is 4.90 Å². The SMILES string of the molecule is COc1ccc(CCN2CCN(c3nc(-c4cccc(C#N)c4)ns3)CC2)cc1. The van der Waals surface area contributed by atoms with Crippen molar-refractivity contribution in [2.24, 2.45) is 0 Å². The zero-order chi connectivity index (χ0) is 20.1. The van der Waals surface area contributed by atoms with Crippen LogP contribution in [-0.4, -0.2) is 54.1 Å². The molecule has 1 aromatic heterocycles. The van der Waals surface area contributed by atoms with Crippen LogP contribution in [0.15, 0.2) is 48.5 Å². The zero-order valence-corrected chi connectivity index (χ0v) is 17.2. The molecule has 148 valence electrons. The molecule has 1 fully saturated rings. The van der Waals surface area contributed by atoms with Crippen molar-refractivity contribution in [3.05, 3.63) is 59.7 Å². The summed E-state index contributed by atoms with van der Waals surface area (Å²) in [5, 5.41) is 10.0. The molecule has 0 spiro atoms. The highest BCUT2D eigenvalue weighted by atomic mass is 32.1. The van der Waals surface area contributed by atoms with Gasteiger partial charge in [0.05, 0.1) is 18.7 Å². The molecule has 1 aliphatic heterocycles. The standard InChI is InChI=1S/C22H23N5OS/c1-28-20-7-5-17(6-8-20)9-10-26-11-13-27(14-12-26)22-24-21(25-29-22)19-4-2-3-18(15-19)16-23/h2-8,15H,9-14H2,1H3. The maximum absolute atomic E-state index is 9.08. The van der Waals surface area contributed by atoms with Crippen LogP contribution in [0.1, 0.15) is 11.1 Å². The van der Waals surface area contributed by atoms with Gasteiger partial charge >= 0.3 is 0 Å². The molecule has 29 heavy (non-hydrogen) atoms. The number of rotatable bonds is 6. The summed E-state index contributed by atoms with van der Waals surface area (Å²) in [6.45, 7) is 5.01. The number of benzene rings is 2. The van der Waals surface area contributed by atoms with E-state index in [1.165, 1.54) is 17.1 Å². The summed E-state index contributed by atoms with van der Waals surface area (Å²) in [6, 6.07) is 17.9. The van der Waals surface area contributed by atoms with Gasteiger partial charge in [-0.2, -0.15) is 14.6 Å². The number of methoxy groups -OCH3 is 1. The van der Waals surface area contributed by atoms with Crippen molar-refractivity contribution in [3.8, 4) is 23.2 Å². The molecule has 0 amide bonds. The summed E-state index contributed by atoms with van der Waals surface area (Å²) in [6.07, 6.45) is 1.04. The Morgan fingerprint density at radius 1 is 1.10 bits per heavy atom. The van der Waals surface area contributed by atoms with Crippen LogP contribution in [0.25, 0.3) is 11.4 Å². The van der Waals surface area contributed by atoms with Crippen molar-refractivity contribution in [3.63, 3.8) is 0 Å². The second-order valence-corrected chi connectivity index (χ2v) is 7.75. The van der Waals surface area contributed by atoms with E-state index < -0.39 is 0 Å². The molecule has 0 unspecified atom stereocenters. The fraction of sp³-hybridized carbons (Fsp3) is 0.318. The molecule has 0 radical (unpaired) electrons. The van der Waals surface area contributed by atoms with E-state index >= 15 is 0 Å². The molecule has 4 rings (SSSR count). The summed E-state index contributed by atoms with van der Waals surface area (Å²) in [5.74, 6) is 1.60. The van der Waals surface area contributed by atoms with E-state index in [1.54, 1.807) is 13.2 Å². The predicted octanol–water partition coefficient (Wildman–Crippen LogP) is 3.45. The van der Waals surface area contributed by atoms with Crippen molar-refractivity contribution in [1.82, 2.24) is 14.3 Å². The van der Waals surface area contributed by atoms with Gasteiger partial charge in [0.15, 0.2) is 5.82 Å². The molecule has 6 nitrogen and oxygen atoms in total. The highest BCUT2D eigenvalue weighted by Gasteiger charge is 2.20. The first-order chi connectivity index (χ1) is 14.2. The van der Waals surface area contributed by atoms with Crippen molar-refractivity contribution in [2.75, 3.05) is 44.7 Å². The minimum atomic E-state index is 0.629. The van der Waals surface area contributed by atoms with Crippen LogP contribution >= 0.6 is 11.5 Å². The Hall–Kier alpha value is -2.95. The van der Waals surface area contributed by atoms with E-state index in [-0.39, 0.29) is 0 Å². The lowest BCUT2D eigenvalue weighted by Gasteiger charge is -2.34. The Bertz CT molecular complexity index is 987. The summed E-state index contributed by atoms with van der Waals surface area (Å²) >= 11 is 1.43. The van der Waals surface area contributed by atoms with E-state index in [1.807, 2.05) is 30.3 Å². The van der Waals surface area contributed by atoms with Crippen molar-refractivity contribution in [1.29, 1.82) is 5.26 Å². The van der Waals surface area contributed by atoms with E-state index in [9.17, 15) is 0 Å². The highest BCUT2D eigenvalue weighted by molar-refractivity contribution is 7.09. The van der Waals surface area contributed by atoms with E-state index in [0.717, 1.165) is 55.6 Å².